The Hall–Kier alpha value is -2.34. The Balaban J connectivity index is 2.14. The van der Waals surface area contributed by atoms with E-state index in [2.05, 4.69) is 5.10 Å². The number of fused-ring (bicyclic) bond motifs is 1. The summed E-state index contributed by atoms with van der Waals surface area (Å²) in [6.07, 6.45) is -3.94. The van der Waals surface area contributed by atoms with Gasteiger partial charge in [-0.05, 0) is 42.3 Å². The van der Waals surface area contributed by atoms with Gasteiger partial charge in [0, 0.05) is 10.4 Å². The van der Waals surface area contributed by atoms with Gasteiger partial charge in [-0.25, -0.2) is 0 Å². The van der Waals surface area contributed by atoms with E-state index in [4.69, 9.17) is 11.6 Å². The standard InChI is InChI=1S/C17H12ClF3N2O/c1-10-2-3-11(14(18)6-10)8-23-16-7-12(17(19,20)21)4-5-13(16)15(9-24)22-23/h2-7,9H,8H2,1H3. The molecule has 0 spiro atoms. The molecule has 0 unspecified atom stereocenters. The molecule has 2 aromatic carbocycles. The zero-order chi connectivity index (χ0) is 17.5. The van der Waals surface area contributed by atoms with Crippen LogP contribution in [0.1, 0.15) is 27.2 Å². The first-order valence-electron chi connectivity index (χ1n) is 7.07. The van der Waals surface area contributed by atoms with Crippen molar-refractivity contribution in [2.75, 3.05) is 0 Å². The van der Waals surface area contributed by atoms with E-state index in [1.54, 1.807) is 12.1 Å². The smallest absolute Gasteiger partial charge is 0.296 e. The lowest BCUT2D eigenvalue weighted by Gasteiger charge is -2.09. The monoisotopic (exact) mass is 352 g/mol. The van der Waals surface area contributed by atoms with Crippen LogP contribution in [-0.2, 0) is 12.7 Å². The highest BCUT2D eigenvalue weighted by molar-refractivity contribution is 6.31. The van der Waals surface area contributed by atoms with Gasteiger partial charge in [0.25, 0.3) is 0 Å². The van der Waals surface area contributed by atoms with Crippen molar-refractivity contribution in [3.05, 3.63) is 63.8 Å². The highest BCUT2D eigenvalue weighted by Crippen LogP contribution is 2.32. The maximum Gasteiger partial charge on any atom is 0.416 e. The van der Waals surface area contributed by atoms with Gasteiger partial charge in [0.1, 0.15) is 5.69 Å². The van der Waals surface area contributed by atoms with E-state index in [-0.39, 0.29) is 17.8 Å². The highest BCUT2D eigenvalue weighted by Gasteiger charge is 2.31. The number of carbonyl (C=O) groups is 1. The third-order valence-corrected chi connectivity index (χ3v) is 4.10. The molecule has 1 heterocycles. The van der Waals surface area contributed by atoms with Crippen LogP contribution in [0.25, 0.3) is 10.9 Å². The van der Waals surface area contributed by atoms with Crippen molar-refractivity contribution in [2.24, 2.45) is 0 Å². The molecule has 0 atom stereocenters. The lowest BCUT2D eigenvalue weighted by molar-refractivity contribution is -0.137. The lowest BCUT2D eigenvalue weighted by Crippen LogP contribution is -2.06. The molecule has 0 N–H and O–H groups in total. The van der Waals surface area contributed by atoms with E-state index in [0.717, 1.165) is 17.7 Å². The molecule has 0 amide bonds. The summed E-state index contributed by atoms with van der Waals surface area (Å²) < 4.78 is 40.2. The number of hydrogen-bond donors (Lipinski definition) is 0. The molecular weight excluding hydrogens is 341 g/mol. The topological polar surface area (TPSA) is 34.9 Å². The molecular formula is C17H12ClF3N2O. The predicted molar refractivity (Wildman–Crippen MR) is 85.4 cm³/mol. The summed E-state index contributed by atoms with van der Waals surface area (Å²) in [6.45, 7) is 2.06. The second-order valence-corrected chi connectivity index (χ2v) is 5.89. The minimum atomic E-state index is -4.47. The second kappa shape index (κ2) is 5.94. The summed E-state index contributed by atoms with van der Waals surface area (Å²) in [7, 11) is 0. The summed E-state index contributed by atoms with van der Waals surface area (Å²) in [6, 6.07) is 8.62. The lowest BCUT2D eigenvalue weighted by atomic mass is 10.1. The van der Waals surface area contributed by atoms with E-state index >= 15 is 0 Å². The van der Waals surface area contributed by atoms with E-state index in [9.17, 15) is 18.0 Å². The van der Waals surface area contributed by atoms with E-state index in [0.29, 0.717) is 22.3 Å². The van der Waals surface area contributed by atoms with Crippen LogP contribution in [0.3, 0.4) is 0 Å². The summed E-state index contributed by atoms with van der Waals surface area (Å²) >= 11 is 6.18. The maximum absolute atomic E-state index is 13.0. The minimum absolute atomic E-state index is 0.0990. The van der Waals surface area contributed by atoms with Crippen LogP contribution in [0.4, 0.5) is 13.2 Å². The van der Waals surface area contributed by atoms with Gasteiger partial charge >= 0.3 is 6.18 Å². The Morgan fingerprint density at radius 2 is 1.96 bits per heavy atom. The SMILES string of the molecule is Cc1ccc(Cn2nc(C=O)c3ccc(C(F)(F)F)cc32)c(Cl)c1. The molecule has 0 fully saturated rings. The Kier molecular flexibility index (Phi) is 4.09. The Labute approximate surface area is 140 Å². The number of halogens is 4. The molecule has 124 valence electrons. The molecule has 0 aliphatic heterocycles. The van der Waals surface area contributed by atoms with E-state index in [1.165, 1.54) is 10.7 Å². The van der Waals surface area contributed by atoms with Crippen molar-refractivity contribution < 1.29 is 18.0 Å². The number of carbonyl (C=O) groups excluding carboxylic acids is 1. The zero-order valence-corrected chi connectivity index (χ0v) is 13.3. The average molecular weight is 353 g/mol. The largest absolute Gasteiger partial charge is 0.416 e. The third-order valence-electron chi connectivity index (χ3n) is 3.75. The molecule has 0 aliphatic carbocycles. The van der Waals surface area contributed by atoms with Crippen molar-refractivity contribution >= 4 is 28.8 Å². The number of alkyl halides is 3. The molecule has 3 nitrogen and oxygen atoms in total. The fourth-order valence-electron chi connectivity index (χ4n) is 2.53. The Morgan fingerprint density at radius 1 is 1.21 bits per heavy atom. The van der Waals surface area contributed by atoms with Gasteiger partial charge in [0.05, 0.1) is 17.6 Å². The summed E-state index contributed by atoms with van der Waals surface area (Å²) in [5.74, 6) is 0. The molecule has 7 heteroatoms. The van der Waals surface area contributed by atoms with Crippen molar-refractivity contribution in [1.29, 1.82) is 0 Å². The van der Waals surface area contributed by atoms with Gasteiger partial charge in [0.2, 0.25) is 0 Å². The summed E-state index contributed by atoms with van der Waals surface area (Å²) in [4.78, 5) is 11.2. The molecule has 24 heavy (non-hydrogen) atoms. The van der Waals surface area contributed by atoms with Crippen molar-refractivity contribution in [2.45, 2.75) is 19.6 Å². The van der Waals surface area contributed by atoms with Crippen LogP contribution < -0.4 is 0 Å². The normalized spacial score (nSPS) is 11.9. The van der Waals surface area contributed by atoms with Crippen molar-refractivity contribution in [3.8, 4) is 0 Å². The number of aryl methyl sites for hydroxylation is 1. The number of hydrogen-bond acceptors (Lipinski definition) is 2. The van der Waals surface area contributed by atoms with Crippen LogP contribution in [0.2, 0.25) is 5.02 Å². The zero-order valence-electron chi connectivity index (χ0n) is 12.6. The third kappa shape index (κ3) is 3.01. The van der Waals surface area contributed by atoms with Gasteiger partial charge in [-0.2, -0.15) is 18.3 Å². The van der Waals surface area contributed by atoms with Gasteiger partial charge in [-0.3, -0.25) is 9.48 Å². The van der Waals surface area contributed by atoms with Crippen LogP contribution in [0.5, 0.6) is 0 Å². The summed E-state index contributed by atoms with van der Waals surface area (Å²) in [5.41, 5.74) is 1.23. The Bertz CT molecular complexity index is 931. The first kappa shape index (κ1) is 16.5. The highest BCUT2D eigenvalue weighted by atomic mass is 35.5. The fraction of sp³-hybridized carbons (Fsp3) is 0.176. The predicted octanol–water partition coefficient (Wildman–Crippen LogP) is 4.88. The average Bonchev–Trinajstić information content (AvgIpc) is 2.86. The molecule has 0 saturated heterocycles. The van der Waals surface area contributed by atoms with Gasteiger partial charge in [-0.15, -0.1) is 0 Å². The number of benzene rings is 2. The van der Waals surface area contributed by atoms with Crippen molar-refractivity contribution in [1.82, 2.24) is 9.78 Å². The van der Waals surface area contributed by atoms with Crippen molar-refractivity contribution in [3.63, 3.8) is 0 Å². The molecule has 3 rings (SSSR count). The molecule has 3 aromatic rings. The van der Waals surface area contributed by atoms with Gasteiger partial charge in [0.15, 0.2) is 6.29 Å². The minimum Gasteiger partial charge on any atom is -0.296 e. The fourth-order valence-corrected chi connectivity index (χ4v) is 2.82. The van der Waals surface area contributed by atoms with Crippen LogP contribution >= 0.6 is 11.6 Å². The molecule has 0 radical (unpaired) electrons. The van der Waals surface area contributed by atoms with Gasteiger partial charge < -0.3 is 0 Å². The first-order valence-corrected chi connectivity index (χ1v) is 7.45. The molecule has 0 saturated carbocycles. The second-order valence-electron chi connectivity index (χ2n) is 5.49. The van der Waals surface area contributed by atoms with E-state index < -0.39 is 11.7 Å². The molecule has 1 aromatic heterocycles. The molecule has 0 aliphatic rings. The summed E-state index contributed by atoms with van der Waals surface area (Å²) in [5, 5.41) is 4.99. The van der Waals surface area contributed by atoms with E-state index in [1.807, 2.05) is 13.0 Å². The van der Waals surface area contributed by atoms with Crippen LogP contribution in [-0.4, -0.2) is 16.1 Å². The first-order chi connectivity index (χ1) is 11.3. The molecule has 0 bridgehead atoms. The van der Waals surface area contributed by atoms with Gasteiger partial charge in [-0.1, -0.05) is 23.7 Å². The number of nitrogens with zero attached hydrogens (tertiary/aromatic N) is 2. The Morgan fingerprint density at radius 3 is 2.58 bits per heavy atom. The quantitative estimate of drug-likeness (QED) is 0.630. The number of aldehydes is 1. The van der Waals surface area contributed by atoms with Crippen LogP contribution in [0.15, 0.2) is 36.4 Å². The maximum atomic E-state index is 13.0. The number of aromatic nitrogens is 2. The number of rotatable bonds is 3. The van der Waals surface area contributed by atoms with Crippen LogP contribution in [0, 0.1) is 6.92 Å².